The zero-order chi connectivity index (χ0) is 22.6. The molecular formula is C19H14N6O4S3. The summed E-state index contributed by atoms with van der Waals surface area (Å²) >= 11 is 2.18. The third-order valence-corrected chi connectivity index (χ3v) is 8.03. The molecule has 0 saturated heterocycles. The first-order valence-electron chi connectivity index (χ1n) is 9.06. The number of benzene rings is 1. The van der Waals surface area contributed by atoms with Crippen molar-refractivity contribution in [2.75, 3.05) is 13.4 Å². The molecule has 2 aliphatic rings. The first kappa shape index (κ1) is 20.6. The number of hydrogen-bond acceptors (Lipinski definition) is 9. The molecule has 162 valence electrons. The van der Waals surface area contributed by atoms with Gasteiger partial charge in [-0.25, -0.2) is 13.4 Å². The average Bonchev–Trinajstić information content (AvgIpc) is 3.46. The van der Waals surface area contributed by atoms with Crippen molar-refractivity contribution >= 4 is 65.3 Å². The highest BCUT2D eigenvalue weighted by Gasteiger charge is 2.38. The number of imidazole rings is 1. The molecule has 0 spiro atoms. The fourth-order valence-corrected chi connectivity index (χ4v) is 5.57. The Morgan fingerprint density at radius 1 is 1.22 bits per heavy atom. The fraction of sp³-hybridized carbons (Fsp3) is 0.105. The number of carbonyl (C=O) groups excluding carboxylic acids is 1. The summed E-state index contributed by atoms with van der Waals surface area (Å²) in [5.41, 5.74) is 2.01. The number of thiazole rings is 1. The predicted molar refractivity (Wildman–Crippen MR) is 125 cm³/mol. The molecule has 13 heteroatoms. The van der Waals surface area contributed by atoms with E-state index in [0.717, 1.165) is 33.6 Å². The molecule has 2 aromatic heterocycles. The second kappa shape index (κ2) is 7.39. The van der Waals surface area contributed by atoms with Crippen molar-refractivity contribution in [3.63, 3.8) is 0 Å². The first-order valence-corrected chi connectivity index (χ1v) is 12.7. The van der Waals surface area contributed by atoms with E-state index in [1.807, 2.05) is 40.2 Å². The lowest BCUT2D eigenvalue weighted by molar-refractivity contribution is -0.114. The summed E-state index contributed by atoms with van der Waals surface area (Å²) in [4.78, 5) is 22.1. The van der Waals surface area contributed by atoms with E-state index < -0.39 is 15.7 Å². The van der Waals surface area contributed by atoms with Gasteiger partial charge in [-0.3, -0.25) is 14.6 Å². The summed E-state index contributed by atoms with van der Waals surface area (Å²) in [5, 5.41) is 15.4. The minimum Gasteiger partial charge on any atom is -0.497 e. The first-order chi connectivity index (χ1) is 15.3. The number of amides is 1. The second-order valence-electron chi connectivity index (χ2n) is 6.79. The molecule has 0 fully saturated rings. The normalized spacial score (nSPS) is 17.7. The number of aromatic nitrogens is 2. The fourth-order valence-electron chi connectivity index (χ4n) is 3.16. The number of methoxy groups -OCH3 is 1. The van der Waals surface area contributed by atoms with Gasteiger partial charge in [0.25, 0.3) is 5.91 Å². The Bertz CT molecular complexity index is 1500. The van der Waals surface area contributed by atoms with E-state index in [0.29, 0.717) is 17.1 Å². The Kier molecular flexibility index (Phi) is 4.76. The van der Waals surface area contributed by atoms with Crippen molar-refractivity contribution < 1.29 is 17.9 Å². The maximum Gasteiger partial charge on any atom is 0.283 e. The Labute approximate surface area is 190 Å². The van der Waals surface area contributed by atoms with Crippen LogP contribution in [0.15, 0.2) is 51.5 Å². The summed E-state index contributed by atoms with van der Waals surface area (Å²) in [6.45, 7) is 0. The number of rotatable bonds is 3. The predicted octanol–water partition coefficient (Wildman–Crippen LogP) is 2.69. The van der Waals surface area contributed by atoms with Gasteiger partial charge in [0.2, 0.25) is 19.4 Å². The highest BCUT2D eigenvalue weighted by molar-refractivity contribution is 8.42. The number of amidine groups is 2. The van der Waals surface area contributed by atoms with Gasteiger partial charge in [0.05, 0.1) is 24.1 Å². The van der Waals surface area contributed by atoms with Crippen LogP contribution in [-0.2, 0) is 14.6 Å². The molecule has 2 aliphatic heterocycles. The molecular weight excluding hydrogens is 472 g/mol. The van der Waals surface area contributed by atoms with Crippen molar-refractivity contribution in [2.24, 2.45) is 10.1 Å². The van der Waals surface area contributed by atoms with Crippen LogP contribution in [-0.4, -0.2) is 57.5 Å². The van der Waals surface area contributed by atoms with Gasteiger partial charge in [-0.15, -0.1) is 16.4 Å². The maximum atomic E-state index is 12.8. The lowest BCUT2D eigenvalue weighted by atomic mass is 10.1. The van der Waals surface area contributed by atoms with Gasteiger partial charge in [-0.05, 0) is 42.1 Å². The molecule has 0 unspecified atom stereocenters. The number of sulfone groups is 1. The van der Waals surface area contributed by atoms with E-state index in [2.05, 4.69) is 15.1 Å². The monoisotopic (exact) mass is 486 g/mol. The quantitative estimate of drug-likeness (QED) is 0.563. The lowest BCUT2D eigenvalue weighted by Gasteiger charge is -2.20. The molecule has 32 heavy (non-hydrogen) atoms. The minimum absolute atomic E-state index is 0.0180. The standard InChI is InChI=1S/C19H14N6O4S3/c1-29-11-5-3-10(4-6-11)14-13(24-7-8-30-17(24)21-14)9-12-15(20)25-18(22-16(12)26)31-19(23-25)32(2,27)28/h3-9,20H,1-2H3. The molecule has 1 N–H and O–H groups in total. The van der Waals surface area contributed by atoms with Gasteiger partial charge >= 0.3 is 0 Å². The third-order valence-electron chi connectivity index (χ3n) is 4.70. The van der Waals surface area contributed by atoms with E-state index in [-0.39, 0.29) is 21.0 Å². The molecule has 5 rings (SSSR count). The number of nitrogens with zero attached hydrogens (tertiary/aromatic N) is 5. The summed E-state index contributed by atoms with van der Waals surface area (Å²) in [7, 11) is -2.01. The highest BCUT2D eigenvalue weighted by atomic mass is 32.3. The summed E-state index contributed by atoms with van der Waals surface area (Å²) in [5.74, 6) is -0.201. The van der Waals surface area contributed by atoms with Crippen LogP contribution < -0.4 is 4.74 Å². The van der Waals surface area contributed by atoms with E-state index in [1.165, 1.54) is 17.4 Å². The van der Waals surface area contributed by atoms with Gasteiger partial charge in [0, 0.05) is 23.4 Å². The smallest absolute Gasteiger partial charge is 0.283 e. The number of carbonyl (C=O) groups is 1. The topological polar surface area (TPSA) is 130 Å². The number of ether oxygens (including phenoxy) is 1. The average molecular weight is 487 g/mol. The van der Waals surface area contributed by atoms with Crippen LogP contribution in [0, 0.1) is 5.41 Å². The SMILES string of the molecule is COc1ccc(-c2nc3sccn3c2C=C2C(=N)N3N=C(S(C)(=O)=O)SC3=NC2=O)cc1. The Hall–Kier alpha value is -3.29. The van der Waals surface area contributed by atoms with Gasteiger partial charge in [0.15, 0.2) is 10.8 Å². The zero-order valence-corrected chi connectivity index (χ0v) is 19.1. The Balaban J connectivity index is 1.63. The summed E-state index contributed by atoms with van der Waals surface area (Å²) < 4.78 is 30.5. The number of fused-ring (bicyclic) bond motifs is 2. The van der Waals surface area contributed by atoms with Crippen LogP contribution in [0.3, 0.4) is 0 Å². The molecule has 0 aliphatic carbocycles. The van der Waals surface area contributed by atoms with Crippen molar-refractivity contribution in [3.05, 3.63) is 47.1 Å². The zero-order valence-electron chi connectivity index (χ0n) is 16.6. The van der Waals surface area contributed by atoms with Crippen LogP contribution in [0.4, 0.5) is 0 Å². The van der Waals surface area contributed by atoms with E-state index >= 15 is 0 Å². The minimum atomic E-state index is -3.60. The van der Waals surface area contributed by atoms with Gasteiger partial charge in [-0.2, -0.15) is 10.0 Å². The molecule has 0 atom stereocenters. The molecule has 10 nitrogen and oxygen atoms in total. The molecule has 0 bridgehead atoms. The number of aliphatic imine (C=N–C) groups is 1. The van der Waals surface area contributed by atoms with Gasteiger partial charge in [0.1, 0.15) is 5.75 Å². The van der Waals surface area contributed by atoms with Crippen LogP contribution in [0.25, 0.3) is 22.3 Å². The van der Waals surface area contributed by atoms with Crippen molar-refractivity contribution in [1.82, 2.24) is 14.4 Å². The van der Waals surface area contributed by atoms with E-state index in [1.54, 1.807) is 7.11 Å². The molecule has 3 aromatic rings. The maximum absolute atomic E-state index is 12.8. The third kappa shape index (κ3) is 3.34. The second-order valence-corrected chi connectivity index (χ2v) is 10.8. The van der Waals surface area contributed by atoms with Crippen LogP contribution in [0.5, 0.6) is 5.75 Å². The summed E-state index contributed by atoms with van der Waals surface area (Å²) in [6, 6.07) is 7.34. The van der Waals surface area contributed by atoms with Crippen LogP contribution in [0.2, 0.25) is 0 Å². The Morgan fingerprint density at radius 3 is 2.66 bits per heavy atom. The van der Waals surface area contributed by atoms with E-state index in [9.17, 15) is 13.2 Å². The van der Waals surface area contributed by atoms with Crippen molar-refractivity contribution in [1.29, 1.82) is 5.41 Å². The number of hydrogen-bond donors (Lipinski definition) is 1. The largest absolute Gasteiger partial charge is 0.497 e. The number of nitrogens with one attached hydrogen (secondary N) is 1. The highest BCUT2D eigenvalue weighted by Crippen LogP contribution is 2.33. The lowest BCUT2D eigenvalue weighted by Crippen LogP contribution is -2.35. The molecule has 0 radical (unpaired) electrons. The van der Waals surface area contributed by atoms with Gasteiger partial charge < -0.3 is 4.74 Å². The summed E-state index contributed by atoms with van der Waals surface area (Å²) in [6.07, 6.45) is 4.38. The molecule has 4 heterocycles. The van der Waals surface area contributed by atoms with Crippen molar-refractivity contribution in [2.45, 2.75) is 0 Å². The molecule has 1 aromatic carbocycles. The Morgan fingerprint density at radius 2 is 1.97 bits per heavy atom. The van der Waals surface area contributed by atoms with Gasteiger partial charge in [-0.1, -0.05) is 0 Å². The molecule has 0 saturated carbocycles. The van der Waals surface area contributed by atoms with Crippen LogP contribution in [0.1, 0.15) is 5.69 Å². The van der Waals surface area contributed by atoms with Crippen molar-refractivity contribution in [3.8, 4) is 17.0 Å². The number of hydrazone groups is 1. The molecule has 1 amide bonds. The number of thioether (sulfide) groups is 1. The van der Waals surface area contributed by atoms with E-state index in [4.69, 9.17) is 10.1 Å². The van der Waals surface area contributed by atoms with Crippen LogP contribution >= 0.6 is 23.1 Å².